The van der Waals surface area contributed by atoms with Crippen molar-refractivity contribution >= 4 is 34.1 Å². The number of fused-ring (bicyclic) bond motifs is 2. The van der Waals surface area contributed by atoms with Gasteiger partial charge in [0.05, 0.1) is 31.2 Å². The van der Waals surface area contributed by atoms with Gasteiger partial charge in [-0.15, -0.1) is 0 Å². The monoisotopic (exact) mass is 546 g/mol. The van der Waals surface area contributed by atoms with Crippen molar-refractivity contribution in [3.63, 3.8) is 0 Å². The number of para-hydroxylation sites is 4. The summed E-state index contributed by atoms with van der Waals surface area (Å²) in [7, 11) is 3.26. The molecule has 0 bridgehead atoms. The molecule has 206 valence electrons. The summed E-state index contributed by atoms with van der Waals surface area (Å²) in [6, 6.07) is 30.9. The van der Waals surface area contributed by atoms with Crippen LogP contribution in [0.25, 0.3) is 11.0 Å². The van der Waals surface area contributed by atoms with Crippen LogP contribution in [0.3, 0.4) is 0 Å². The molecule has 4 aromatic carbocycles. The molecule has 0 aliphatic carbocycles. The Morgan fingerprint density at radius 3 is 2.17 bits per heavy atom. The molecule has 0 radical (unpaired) electrons. The lowest BCUT2D eigenvalue weighted by Gasteiger charge is -2.28. The molecule has 0 spiro atoms. The number of methoxy groups -OCH3 is 2. The van der Waals surface area contributed by atoms with Gasteiger partial charge in [-0.05, 0) is 60.9 Å². The fraction of sp³-hybridized carbons (Fsp3) is 0.182. The average molecular weight is 547 g/mol. The zero-order valence-electron chi connectivity index (χ0n) is 22.9. The minimum atomic E-state index is -0.350. The Balaban J connectivity index is 1.34. The van der Waals surface area contributed by atoms with Crippen molar-refractivity contribution in [3.8, 4) is 23.1 Å². The highest BCUT2D eigenvalue weighted by molar-refractivity contribution is 5.95. The van der Waals surface area contributed by atoms with Crippen LogP contribution in [0.2, 0.25) is 0 Å². The van der Waals surface area contributed by atoms with E-state index in [1.807, 2.05) is 97.1 Å². The first-order valence-electron chi connectivity index (χ1n) is 13.5. The number of ether oxygens (including phenoxy) is 3. The second-order valence-electron chi connectivity index (χ2n) is 9.79. The Morgan fingerprint density at radius 1 is 0.829 bits per heavy atom. The number of amides is 1. The molecule has 41 heavy (non-hydrogen) atoms. The van der Waals surface area contributed by atoms with Crippen molar-refractivity contribution in [2.45, 2.75) is 12.8 Å². The first-order chi connectivity index (χ1) is 20.1. The maximum absolute atomic E-state index is 13.9. The highest BCUT2D eigenvalue weighted by atomic mass is 16.5. The van der Waals surface area contributed by atoms with Crippen LogP contribution < -0.4 is 24.4 Å². The van der Waals surface area contributed by atoms with Gasteiger partial charge in [0.2, 0.25) is 5.91 Å². The maximum atomic E-state index is 13.9. The lowest BCUT2D eigenvalue weighted by Crippen LogP contribution is -2.33. The van der Waals surface area contributed by atoms with Gasteiger partial charge in [0.15, 0.2) is 17.3 Å². The number of anilines is 3. The van der Waals surface area contributed by atoms with Crippen LogP contribution in [0.5, 0.6) is 23.1 Å². The Bertz CT molecular complexity index is 1680. The predicted molar refractivity (Wildman–Crippen MR) is 159 cm³/mol. The Morgan fingerprint density at radius 2 is 1.46 bits per heavy atom. The standard InChI is InChI=1S/C33H30N4O4/c1-39-29-19-22-17-18-23(21-37(24-11-5-3-6-12-24)28(22)20-30(29)40-2)32(38)36-31-33(41-25-13-7-4-8-14-25)35-27-16-10-9-15-26(27)34-31/h3-16,19-20,23H,17-18,21H2,1-2H3,(H,34,36,38). The Labute approximate surface area is 238 Å². The third-order valence-corrected chi connectivity index (χ3v) is 7.22. The highest BCUT2D eigenvalue weighted by Crippen LogP contribution is 2.41. The van der Waals surface area contributed by atoms with Gasteiger partial charge in [-0.2, -0.15) is 0 Å². The summed E-state index contributed by atoms with van der Waals surface area (Å²) >= 11 is 0. The number of benzene rings is 4. The van der Waals surface area contributed by atoms with Gasteiger partial charge in [0.25, 0.3) is 5.88 Å². The summed E-state index contributed by atoms with van der Waals surface area (Å²) in [6.45, 7) is 0.466. The van der Waals surface area contributed by atoms with E-state index in [0.29, 0.717) is 47.7 Å². The third-order valence-electron chi connectivity index (χ3n) is 7.22. The second-order valence-corrected chi connectivity index (χ2v) is 9.79. The number of rotatable bonds is 7. The van der Waals surface area contributed by atoms with Crippen molar-refractivity contribution in [2.24, 2.45) is 5.92 Å². The molecule has 6 rings (SSSR count). The Kier molecular flexibility index (Phi) is 7.36. The number of nitrogens with zero attached hydrogens (tertiary/aromatic N) is 3. The van der Waals surface area contributed by atoms with Crippen LogP contribution in [0.4, 0.5) is 17.2 Å². The van der Waals surface area contributed by atoms with Crippen LogP contribution in [-0.2, 0) is 11.2 Å². The van der Waals surface area contributed by atoms with E-state index in [1.165, 1.54) is 0 Å². The predicted octanol–water partition coefficient (Wildman–Crippen LogP) is 6.78. The molecule has 0 fully saturated rings. The normalized spacial score (nSPS) is 14.6. The van der Waals surface area contributed by atoms with Crippen LogP contribution >= 0.6 is 0 Å². The number of nitrogens with one attached hydrogen (secondary N) is 1. The number of hydrogen-bond acceptors (Lipinski definition) is 7. The lowest BCUT2D eigenvalue weighted by atomic mass is 10.00. The zero-order chi connectivity index (χ0) is 28.2. The SMILES string of the molecule is COc1cc2c(cc1OC)N(c1ccccc1)CC(C(=O)Nc1nc3ccccc3nc1Oc1ccccc1)CC2. The summed E-state index contributed by atoms with van der Waals surface area (Å²) < 4.78 is 17.3. The van der Waals surface area contributed by atoms with E-state index < -0.39 is 0 Å². The Hall–Kier alpha value is -5.11. The van der Waals surface area contributed by atoms with Crippen molar-refractivity contribution in [1.29, 1.82) is 0 Å². The molecule has 1 aliphatic rings. The van der Waals surface area contributed by atoms with Gasteiger partial charge in [-0.3, -0.25) is 4.79 Å². The van der Waals surface area contributed by atoms with Gasteiger partial charge in [0.1, 0.15) is 5.75 Å². The minimum Gasteiger partial charge on any atom is -0.493 e. The van der Waals surface area contributed by atoms with Crippen LogP contribution in [0.15, 0.2) is 97.1 Å². The van der Waals surface area contributed by atoms with E-state index in [1.54, 1.807) is 14.2 Å². The van der Waals surface area contributed by atoms with Crippen molar-refractivity contribution in [3.05, 3.63) is 103 Å². The van der Waals surface area contributed by atoms with Gasteiger partial charge in [-0.1, -0.05) is 48.5 Å². The second kappa shape index (κ2) is 11.6. The average Bonchev–Trinajstić information content (AvgIpc) is 3.21. The topological polar surface area (TPSA) is 85.8 Å². The number of aryl methyl sites for hydroxylation is 1. The molecule has 0 saturated carbocycles. The van der Waals surface area contributed by atoms with Crippen molar-refractivity contribution in [2.75, 3.05) is 31.0 Å². The van der Waals surface area contributed by atoms with E-state index in [2.05, 4.69) is 15.2 Å². The van der Waals surface area contributed by atoms with Gasteiger partial charge < -0.3 is 24.4 Å². The molecule has 1 aromatic heterocycles. The van der Waals surface area contributed by atoms with E-state index in [0.717, 1.165) is 16.9 Å². The van der Waals surface area contributed by atoms with E-state index in [-0.39, 0.29) is 23.5 Å². The van der Waals surface area contributed by atoms with Gasteiger partial charge >= 0.3 is 0 Å². The molecular weight excluding hydrogens is 516 g/mol. The van der Waals surface area contributed by atoms with Gasteiger partial charge in [-0.25, -0.2) is 9.97 Å². The van der Waals surface area contributed by atoms with Crippen LogP contribution in [0.1, 0.15) is 12.0 Å². The fourth-order valence-corrected chi connectivity index (χ4v) is 5.12. The van der Waals surface area contributed by atoms with E-state index in [4.69, 9.17) is 19.2 Å². The molecular formula is C33H30N4O4. The summed E-state index contributed by atoms with van der Waals surface area (Å²) in [5.74, 6) is 1.94. The quantitative estimate of drug-likeness (QED) is 0.241. The molecule has 2 heterocycles. The lowest BCUT2D eigenvalue weighted by molar-refractivity contribution is -0.119. The van der Waals surface area contributed by atoms with E-state index in [9.17, 15) is 4.79 Å². The first-order valence-corrected chi connectivity index (χ1v) is 13.5. The summed E-state index contributed by atoms with van der Waals surface area (Å²) in [4.78, 5) is 25.5. The molecule has 1 N–H and O–H groups in total. The third kappa shape index (κ3) is 5.49. The number of carbonyl (C=O) groups is 1. The fourth-order valence-electron chi connectivity index (χ4n) is 5.12. The number of carbonyl (C=O) groups excluding carboxylic acids is 1. The maximum Gasteiger partial charge on any atom is 0.264 e. The van der Waals surface area contributed by atoms with Crippen LogP contribution in [-0.4, -0.2) is 36.6 Å². The van der Waals surface area contributed by atoms with Crippen LogP contribution in [0, 0.1) is 5.92 Å². The molecule has 1 aliphatic heterocycles. The molecule has 8 nitrogen and oxygen atoms in total. The first kappa shape index (κ1) is 26.1. The van der Waals surface area contributed by atoms with E-state index >= 15 is 0 Å². The number of aromatic nitrogens is 2. The largest absolute Gasteiger partial charge is 0.493 e. The summed E-state index contributed by atoms with van der Waals surface area (Å²) in [5, 5.41) is 3.05. The highest BCUT2D eigenvalue weighted by Gasteiger charge is 2.30. The molecule has 1 amide bonds. The number of hydrogen-bond donors (Lipinski definition) is 1. The minimum absolute atomic E-state index is 0.153. The zero-order valence-corrected chi connectivity index (χ0v) is 22.9. The smallest absolute Gasteiger partial charge is 0.264 e. The molecule has 5 aromatic rings. The van der Waals surface area contributed by atoms with Crippen molar-refractivity contribution in [1.82, 2.24) is 9.97 Å². The molecule has 1 atom stereocenters. The van der Waals surface area contributed by atoms with Gasteiger partial charge in [0, 0.05) is 24.0 Å². The summed E-state index contributed by atoms with van der Waals surface area (Å²) in [5.41, 5.74) is 4.41. The summed E-state index contributed by atoms with van der Waals surface area (Å²) in [6.07, 6.45) is 1.32. The molecule has 8 heteroatoms. The molecule has 0 saturated heterocycles. The molecule has 1 unspecified atom stereocenters. The van der Waals surface area contributed by atoms with Crippen molar-refractivity contribution < 1.29 is 19.0 Å².